The van der Waals surface area contributed by atoms with Crippen molar-refractivity contribution in [1.82, 2.24) is 9.62 Å². The van der Waals surface area contributed by atoms with Crippen LogP contribution in [0, 0.1) is 0 Å². The smallest absolute Gasteiger partial charge is 0.220 e. The van der Waals surface area contributed by atoms with E-state index in [1.54, 1.807) is 0 Å². The molecule has 0 aliphatic carbocycles. The summed E-state index contributed by atoms with van der Waals surface area (Å²) in [5.41, 5.74) is 5.29. The summed E-state index contributed by atoms with van der Waals surface area (Å²) in [5.74, 6) is -0.190. The van der Waals surface area contributed by atoms with Crippen molar-refractivity contribution in [2.45, 2.75) is 19.3 Å². The Labute approximate surface area is 97.2 Å². The minimum atomic E-state index is -3.22. The average molecular weight is 251 g/mol. The van der Waals surface area contributed by atoms with Crippen LogP contribution in [-0.2, 0) is 14.8 Å². The number of sulfonamides is 1. The van der Waals surface area contributed by atoms with Crippen LogP contribution in [0.5, 0.6) is 0 Å². The molecule has 7 heteroatoms. The predicted molar refractivity (Wildman–Crippen MR) is 63.4 cm³/mol. The molecule has 0 aromatic rings. The molecule has 0 atom stereocenters. The highest BCUT2D eigenvalue weighted by Crippen LogP contribution is 1.94. The van der Waals surface area contributed by atoms with E-state index in [4.69, 9.17) is 5.73 Å². The molecule has 0 aromatic carbocycles. The van der Waals surface area contributed by atoms with E-state index in [0.717, 1.165) is 17.1 Å². The Bertz CT molecular complexity index is 301. The van der Waals surface area contributed by atoms with Gasteiger partial charge in [0.05, 0.1) is 5.75 Å². The molecule has 0 aliphatic rings. The van der Waals surface area contributed by atoms with Gasteiger partial charge in [0.1, 0.15) is 0 Å². The molecule has 1 amide bonds. The number of carbonyl (C=O) groups excluding carboxylic acids is 1. The highest BCUT2D eigenvalue weighted by atomic mass is 32.2. The summed E-state index contributed by atoms with van der Waals surface area (Å²) in [4.78, 5) is 11.2. The van der Waals surface area contributed by atoms with Crippen molar-refractivity contribution < 1.29 is 13.2 Å². The Kier molecular flexibility index (Phi) is 7.27. The summed E-state index contributed by atoms with van der Waals surface area (Å²) in [6.07, 6.45) is 1.95. The average Bonchev–Trinajstić information content (AvgIpc) is 2.17. The predicted octanol–water partition coefficient (Wildman–Crippen LogP) is -0.877. The normalized spacial score (nSPS) is 11.8. The number of rotatable bonds is 8. The van der Waals surface area contributed by atoms with E-state index < -0.39 is 10.0 Å². The van der Waals surface area contributed by atoms with Gasteiger partial charge in [0.15, 0.2) is 0 Å². The summed E-state index contributed by atoms with van der Waals surface area (Å²) in [6.45, 7) is 0.726. The molecular formula is C9H21N3O3S. The van der Waals surface area contributed by atoms with E-state index >= 15 is 0 Å². The molecule has 16 heavy (non-hydrogen) atoms. The van der Waals surface area contributed by atoms with Crippen molar-refractivity contribution in [3.8, 4) is 0 Å². The standard InChI is InChI=1S/C9H21N3O3S/c1-12(2)16(14,15)8-7-11-9(13)5-3-4-6-10/h3-8,10H2,1-2H3,(H,11,13). The minimum absolute atomic E-state index is 0.0668. The lowest BCUT2D eigenvalue weighted by atomic mass is 10.2. The number of hydrogen-bond acceptors (Lipinski definition) is 4. The first kappa shape index (κ1) is 15.3. The van der Waals surface area contributed by atoms with Gasteiger partial charge in [0, 0.05) is 27.1 Å². The minimum Gasteiger partial charge on any atom is -0.355 e. The van der Waals surface area contributed by atoms with Gasteiger partial charge in [-0.15, -0.1) is 0 Å². The second kappa shape index (κ2) is 7.59. The van der Waals surface area contributed by atoms with Gasteiger partial charge in [-0.3, -0.25) is 4.79 Å². The molecule has 0 bridgehead atoms. The van der Waals surface area contributed by atoms with Crippen LogP contribution in [0.1, 0.15) is 19.3 Å². The summed E-state index contributed by atoms with van der Waals surface area (Å²) >= 11 is 0. The number of unbranched alkanes of at least 4 members (excludes halogenated alkanes) is 1. The maximum Gasteiger partial charge on any atom is 0.220 e. The Hall–Kier alpha value is -0.660. The Balaban J connectivity index is 3.70. The largest absolute Gasteiger partial charge is 0.355 e. The Morgan fingerprint density at radius 1 is 1.31 bits per heavy atom. The SMILES string of the molecule is CN(C)S(=O)(=O)CCNC(=O)CCCCN. The number of nitrogens with zero attached hydrogens (tertiary/aromatic N) is 1. The van der Waals surface area contributed by atoms with E-state index in [1.807, 2.05) is 0 Å². The van der Waals surface area contributed by atoms with Crippen molar-refractivity contribution in [2.24, 2.45) is 5.73 Å². The first-order valence-corrected chi connectivity index (χ1v) is 6.88. The van der Waals surface area contributed by atoms with Crippen molar-refractivity contribution in [3.05, 3.63) is 0 Å². The highest BCUT2D eigenvalue weighted by Gasteiger charge is 2.13. The lowest BCUT2D eigenvalue weighted by molar-refractivity contribution is -0.121. The monoisotopic (exact) mass is 251 g/mol. The molecule has 0 aliphatic heterocycles. The summed E-state index contributed by atoms with van der Waals surface area (Å²) in [7, 11) is -0.279. The fraction of sp³-hybridized carbons (Fsp3) is 0.889. The maximum absolute atomic E-state index is 11.3. The quantitative estimate of drug-likeness (QED) is 0.548. The molecule has 0 aromatic heterocycles. The van der Waals surface area contributed by atoms with Gasteiger partial charge in [0.2, 0.25) is 15.9 Å². The molecule has 3 N–H and O–H groups in total. The molecule has 0 saturated heterocycles. The Morgan fingerprint density at radius 3 is 2.44 bits per heavy atom. The molecule has 0 spiro atoms. The molecule has 0 rings (SSSR count). The maximum atomic E-state index is 11.3. The van der Waals surface area contributed by atoms with E-state index in [1.165, 1.54) is 14.1 Å². The lowest BCUT2D eigenvalue weighted by Crippen LogP contribution is -2.33. The van der Waals surface area contributed by atoms with Gasteiger partial charge in [-0.2, -0.15) is 0 Å². The third-order valence-corrected chi connectivity index (χ3v) is 3.93. The zero-order valence-corrected chi connectivity index (χ0v) is 10.7. The van der Waals surface area contributed by atoms with Crippen molar-refractivity contribution in [3.63, 3.8) is 0 Å². The van der Waals surface area contributed by atoms with E-state index in [0.29, 0.717) is 13.0 Å². The van der Waals surface area contributed by atoms with Crippen LogP contribution in [-0.4, -0.2) is 51.6 Å². The molecule has 0 saturated carbocycles. The summed E-state index contributed by atoms with van der Waals surface area (Å²) in [5, 5.41) is 2.57. The third kappa shape index (κ3) is 6.76. The van der Waals surface area contributed by atoms with Gasteiger partial charge < -0.3 is 11.1 Å². The molecular weight excluding hydrogens is 230 g/mol. The summed E-state index contributed by atoms with van der Waals surface area (Å²) in [6, 6.07) is 0. The Morgan fingerprint density at radius 2 is 1.94 bits per heavy atom. The second-order valence-electron chi connectivity index (χ2n) is 3.69. The fourth-order valence-electron chi connectivity index (χ4n) is 1.02. The number of nitrogens with one attached hydrogen (secondary N) is 1. The van der Waals surface area contributed by atoms with Crippen molar-refractivity contribution in [2.75, 3.05) is 32.9 Å². The number of hydrogen-bond donors (Lipinski definition) is 2. The van der Waals surface area contributed by atoms with E-state index in [-0.39, 0.29) is 18.2 Å². The third-order valence-electron chi connectivity index (χ3n) is 2.10. The molecule has 0 heterocycles. The molecule has 96 valence electrons. The second-order valence-corrected chi connectivity index (χ2v) is 6.00. The zero-order chi connectivity index (χ0) is 12.6. The van der Waals surface area contributed by atoms with Gasteiger partial charge in [0.25, 0.3) is 0 Å². The highest BCUT2D eigenvalue weighted by molar-refractivity contribution is 7.89. The molecule has 0 unspecified atom stereocenters. The van der Waals surface area contributed by atoms with Crippen molar-refractivity contribution >= 4 is 15.9 Å². The molecule has 6 nitrogen and oxygen atoms in total. The number of nitrogens with two attached hydrogens (primary N) is 1. The van der Waals surface area contributed by atoms with Gasteiger partial charge in [-0.1, -0.05) is 0 Å². The van der Waals surface area contributed by atoms with Gasteiger partial charge in [-0.05, 0) is 19.4 Å². The fourth-order valence-corrected chi connectivity index (χ4v) is 1.75. The summed E-state index contributed by atoms with van der Waals surface area (Å²) < 4.78 is 23.8. The molecule has 0 radical (unpaired) electrons. The first-order valence-electron chi connectivity index (χ1n) is 5.27. The van der Waals surface area contributed by atoms with Crippen LogP contribution in [0.4, 0.5) is 0 Å². The van der Waals surface area contributed by atoms with Crippen molar-refractivity contribution in [1.29, 1.82) is 0 Å². The van der Waals surface area contributed by atoms with Crippen LogP contribution in [0.25, 0.3) is 0 Å². The van der Waals surface area contributed by atoms with E-state index in [2.05, 4.69) is 5.32 Å². The van der Waals surface area contributed by atoms with Crippen LogP contribution < -0.4 is 11.1 Å². The lowest BCUT2D eigenvalue weighted by Gasteiger charge is -2.11. The van der Waals surface area contributed by atoms with Crippen LogP contribution in [0.3, 0.4) is 0 Å². The molecule has 0 fully saturated rings. The number of amides is 1. The van der Waals surface area contributed by atoms with Crippen LogP contribution in [0.2, 0.25) is 0 Å². The van der Waals surface area contributed by atoms with Gasteiger partial charge in [-0.25, -0.2) is 12.7 Å². The number of carbonyl (C=O) groups is 1. The van der Waals surface area contributed by atoms with E-state index in [9.17, 15) is 13.2 Å². The van der Waals surface area contributed by atoms with Gasteiger partial charge >= 0.3 is 0 Å². The van der Waals surface area contributed by atoms with Crippen LogP contribution >= 0.6 is 0 Å². The topological polar surface area (TPSA) is 92.5 Å². The zero-order valence-electron chi connectivity index (χ0n) is 9.90. The first-order chi connectivity index (χ1) is 7.40. The van der Waals surface area contributed by atoms with Crippen LogP contribution in [0.15, 0.2) is 0 Å².